The molecule has 0 radical (unpaired) electrons. The molecule has 1 saturated heterocycles. The van der Waals surface area contributed by atoms with Crippen molar-refractivity contribution in [3.8, 4) is 0 Å². The minimum absolute atomic E-state index is 0.209. The van der Waals surface area contributed by atoms with Crippen molar-refractivity contribution < 1.29 is 13.6 Å². The summed E-state index contributed by atoms with van der Waals surface area (Å²) in [5.74, 6) is -2.10. The van der Waals surface area contributed by atoms with E-state index in [0.717, 1.165) is 51.3 Å². The molecule has 4 nitrogen and oxygen atoms in total. The van der Waals surface area contributed by atoms with E-state index in [2.05, 4.69) is 39.4 Å². The fourth-order valence-electron chi connectivity index (χ4n) is 3.29. The normalized spacial score (nSPS) is 16.9. The molecule has 1 N–H and O–H groups in total. The van der Waals surface area contributed by atoms with Crippen molar-refractivity contribution in [1.82, 2.24) is 9.80 Å². The largest absolute Gasteiger partial charge is 0.325 e. The molecule has 0 spiro atoms. The van der Waals surface area contributed by atoms with E-state index in [9.17, 15) is 13.6 Å². The zero-order valence-corrected chi connectivity index (χ0v) is 15.5. The summed E-state index contributed by atoms with van der Waals surface area (Å²) in [4.78, 5) is 16.9. The molecular weight excluding hydrogens is 348 g/mol. The van der Waals surface area contributed by atoms with Gasteiger partial charge in [0.2, 0.25) is 5.91 Å². The fourth-order valence-corrected chi connectivity index (χ4v) is 3.29. The Morgan fingerprint density at radius 1 is 1.04 bits per heavy atom. The van der Waals surface area contributed by atoms with Gasteiger partial charge < -0.3 is 10.2 Å². The molecule has 1 aliphatic heterocycles. The second kappa shape index (κ2) is 9.06. The number of anilines is 1. The number of hydrogen-bond acceptors (Lipinski definition) is 3. The van der Waals surface area contributed by atoms with Crippen LogP contribution in [0, 0.1) is 11.6 Å². The molecule has 1 unspecified atom stereocenters. The van der Waals surface area contributed by atoms with Gasteiger partial charge in [0.1, 0.15) is 0 Å². The molecule has 0 aliphatic carbocycles. The van der Waals surface area contributed by atoms with E-state index in [0.29, 0.717) is 0 Å². The Kier molecular flexibility index (Phi) is 6.53. The quantitative estimate of drug-likeness (QED) is 0.845. The van der Waals surface area contributed by atoms with Crippen LogP contribution in [0.4, 0.5) is 14.5 Å². The first-order valence-corrected chi connectivity index (χ1v) is 9.29. The molecule has 0 bridgehead atoms. The van der Waals surface area contributed by atoms with Crippen LogP contribution in [-0.4, -0.2) is 54.5 Å². The van der Waals surface area contributed by atoms with Gasteiger partial charge in [-0.25, -0.2) is 8.78 Å². The molecule has 0 aromatic heterocycles. The Morgan fingerprint density at radius 2 is 1.74 bits per heavy atom. The van der Waals surface area contributed by atoms with Gasteiger partial charge in [0.15, 0.2) is 11.6 Å². The minimum Gasteiger partial charge on any atom is -0.325 e. The summed E-state index contributed by atoms with van der Waals surface area (Å²) in [5, 5.41) is 2.66. The summed E-state index contributed by atoms with van der Waals surface area (Å²) >= 11 is 0. The topological polar surface area (TPSA) is 35.6 Å². The van der Waals surface area contributed by atoms with Crippen molar-refractivity contribution in [2.45, 2.75) is 19.4 Å². The Morgan fingerprint density at radius 3 is 2.41 bits per heavy atom. The third-order valence-corrected chi connectivity index (χ3v) is 5.08. The standard InChI is InChI=1S/C21H25F2N3O/c1-16(21(27)24-18-7-8-19(22)20(23)15-18)26-13-11-25(12-14-26)10-9-17-5-3-2-4-6-17/h2-8,15-16H,9-14H2,1H3,(H,24,27). The monoisotopic (exact) mass is 373 g/mol. The second-order valence-electron chi connectivity index (χ2n) is 6.91. The molecule has 1 heterocycles. The zero-order valence-electron chi connectivity index (χ0n) is 15.5. The van der Waals surface area contributed by atoms with Gasteiger partial charge in [-0.3, -0.25) is 9.69 Å². The number of halogens is 2. The third-order valence-electron chi connectivity index (χ3n) is 5.08. The lowest BCUT2D eigenvalue weighted by Gasteiger charge is -2.37. The molecule has 2 aromatic carbocycles. The van der Waals surface area contributed by atoms with E-state index >= 15 is 0 Å². The summed E-state index contributed by atoms with van der Waals surface area (Å²) in [6.07, 6.45) is 1.02. The molecular formula is C21H25F2N3O. The Bertz CT molecular complexity index is 761. The molecule has 1 atom stereocenters. The molecule has 144 valence electrons. The molecule has 1 amide bonds. The van der Waals surface area contributed by atoms with E-state index in [1.165, 1.54) is 11.6 Å². The number of piperazine rings is 1. The highest BCUT2D eigenvalue weighted by Gasteiger charge is 2.25. The second-order valence-corrected chi connectivity index (χ2v) is 6.91. The van der Waals surface area contributed by atoms with Crippen LogP contribution in [0.15, 0.2) is 48.5 Å². The number of amides is 1. The van der Waals surface area contributed by atoms with Gasteiger partial charge in [-0.1, -0.05) is 30.3 Å². The van der Waals surface area contributed by atoms with Crippen molar-refractivity contribution in [3.63, 3.8) is 0 Å². The van der Waals surface area contributed by atoms with Crippen molar-refractivity contribution in [2.75, 3.05) is 38.0 Å². The Hall–Kier alpha value is -2.31. The first kappa shape index (κ1) is 19.5. The highest BCUT2D eigenvalue weighted by Crippen LogP contribution is 2.15. The molecule has 0 saturated carbocycles. The molecule has 27 heavy (non-hydrogen) atoms. The van der Waals surface area contributed by atoms with Crippen LogP contribution in [-0.2, 0) is 11.2 Å². The lowest BCUT2D eigenvalue weighted by atomic mass is 10.1. The van der Waals surface area contributed by atoms with Crippen LogP contribution >= 0.6 is 0 Å². The Labute approximate surface area is 158 Å². The molecule has 1 aliphatic rings. The molecule has 1 fully saturated rings. The first-order valence-electron chi connectivity index (χ1n) is 9.29. The Balaban J connectivity index is 1.45. The van der Waals surface area contributed by atoms with E-state index in [4.69, 9.17) is 0 Å². The van der Waals surface area contributed by atoms with Gasteiger partial charge >= 0.3 is 0 Å². The van der Waals surface area contributed by atoms with Crippen molar-refractivity contribution in [1.29, 1.82) is 0 Å². The maximum Gasteiger partial charge on any atom is 0.241 e. The number of rotatable bonds is 6. The van der Waals surface area contributed by atoms with E-state index < -0.39 is 11.6 Å². The SMILES string of the molecule is CC(C(=O)Nc1ccc(F)c(F)c1)N1CCN(CCc2ccccc2)CC1. The summed E-state index contributed by atoms with van der Waals surface area (Å²) in [6, 6.07) is 13.5. The van der Waals surface area contributed by atoms with Crippen molar-refractivity contribution in [2.24, 2.45) is 0 Å². The van der Waals surface area contributed by atoms with Crippen LogP contribution in [0.2, 0.25) is 0 Å². The van der Waals surface area contributed by atoms with E-state index in [-0.39, 0.29) is 17.6 Å². The maximum atomic E-state index is 13.3. The minimum atomic E-state index is -0.965. The predicted octanol–water partition coefficient (Wildman–Crippen LogP) is 3.15. The van der Waals surface area contributed by atoms with Crippen molar-refractivity contribution in [3.05, 3.63) is 65.7 Å². The van der Waals surface area contributed by atoms with Crippen LogP contribution < -0.4 is 5.32 Å². The summed E-state index contributed by atoms with van der Waals surface area (Å²) in [7, 11) is 0. The fraction of sp³-hybridized carbons (Fsp3) is 0.381. The van der Waals surface area contributed by atoms with Crippen molar-refractivity contribution >= 4 is 11.6 Å². The zero-order chi connectivity index (χ0) is 19.2. The summed E-state index contributed by atoms with van der Waals surface area (Å²) in [5.41, 5.74) is 1.60. The van der Waals surface area contributed by atoms with E-state index in [1.54, 1.807) is 0 Å². The highest BCUT2D eigenvalue weighted by atomic mass is 19.2. The molecule has 2 aromatic rings. The van der Waals surface area contributed by atoms with Gasteiger partial charge in [0.05, 0.1) is 6.04 Å². The lowest BCUT2D eigenvalue weighted by molar-refractivity contribution is -0.121. The molecule has 3 rings (SSSR count). The third kappa shape index (κ3) is 5.34. The van der Waals surface area contributed by atoms with Gasteiger partial charge in [0.25, 0.3) is 0 Å². The van der Waals surface area contributed by atoms with Crippen LogP contribution in [0.3, 0.4) is 0 Å². The predicted molar refractivity (Wildman–Crippen MR) is 103 cm³/mol. The van der Waals surface area contributed by atoms with Gasteiger partial charge in [-0.15, -0.1) is 0 Å². The smallest absolute Gasteiger partial charge is 0.241 e. The lowest BCUT2D eigenvalue weighted by Crippen LogP contribution is -2.53. The van der Waals surface area contributed by atoms with Crippen LogP contribution in [0.25, 0.3) is 0 Å². The highest BCUT2D eigenvalue weighted by molar-refractivity contribution is 5.94. The van der Waals surface area contributed by atoms with Crippen LogP contribution in [0.1, 0.15) is 12.5 Å². The molecule has 6 heteroatoms. The summed E-state index contributed by atoms with van der Waals surface area (Å²) in [6.45, 7) is 6.29. The summed E-state index contributed by atoms with van der Waals surface area (Å²) < 4.78 is 26.3. The van der Waals surface area contributed by atoms with Crippen LogP contribution in [0.5, 0.6) is 0 Å². The number of hydrogen-bond donors (Lipinski definition) is 1. The average molecular weight is 373 g/mol. The average Bonchev–Trinajstić information content (AvgIpc) is 2.70. The number of benzene rings is 2. The number of nitrogens with one attached hydrogen (secondary N) is 1. The van der Waals surface area contributed by atoms with Gasteiger partial charge in [-0.2, -0.15) is 0 Å². The van der Waals surface area contributed by atoms with Gasteiger partial charge in [-0.05, 0) is 31.0 Å². The number of nitrogens with zero attached hydrogens (tertiary/aromatic N) is 2. The van der Waals surface area contributed by atoms with E-state index in [1.807, 2.05) is 13.0 Å². The first-order chi connectivity index (χ1) is 13.0. The number of carbonyl (C=O) groups excluding carboxylic acids is 1. The van der Waals surface area contributed by atoms with Gasteiger partial charge in [0, 0.05) is 44.5 Å². The maximum absolute atomic E-state index is 13.3. The number of carbonyl (C=O) groups is 1.